The van der Waals surface area contributed by atoms with E-state index in [2.05, 4.69) is 24.9 Å². The van der Waals surface area contributed by atoms with Gasteiger partial charge in [0.15, 0.2) is 11.2 Å². The zero-order valence-electron chi connectivity index (χ0n) is 15.7. The van der Waals surface area contributed by atoms with E-state index in [1.54, 1.807) is 31.3 Å². The van der Waals surface area contributed by atoms with Crippen molar-refractivity contribution in [2.75, 3.05) is 0 Å². The minimum Gasteiger partial charge on any atom is -0.346 e. The van der Waals surface area contributed by atoms with E-state index in [4.69, 9.17) is 6.57 Å². The zero-order valence-corrected chi connectivity index (χ0v) is 15.7. The molecule has 144 valence electrons. The van der Waals surface area contributed by atoms with Gasteiger partial charge in [-0.25, -0.2) is 18.9 Å². The Morgan fingerprint density at radius 1 is 1.20 bits per heavy atom. The largest absolute Gasteiger partial charge is 0.346 e. The number of aryl methyl sites for hydroxylation is 1. The molecule has 8 heteroatoms. The van der Waals surface area contributed by atoms with Gasteiger partial charge in [0.25, 0.3) is 0 Å². The highest BCUT2D eigenvalue weighted by Crippen LogP contribution is 2.31. The molecule has 0 saturated heterocycles. The number of hydrogen-bond donors (Lipinski definition) is 1. The maximum atomic E-state index is 13.7. The molecular formula is C22H13FN6O. The summed E-state index contributed by atoms with van der Waals surface area (Å²) in [5.74, 6) is 0.0171. The molecule has 7 nitrogen and oxygen atoms in total. The van der Waals surface area contributed by atoms with Crippen molar-refractivity contribution in [1.29, 1.82) is 0 Å². The lowest BCUT2D eigenvalue weighted by molar-refractivity contribution is 0.624. The maximum absolute atomic E-state index is 13.7. The Kier molecular flexibility index (Phi) is 3.89. The molecule has 0 radical (unpaired) electrons. The number of pyridine rings is 3. The van der Waals surface area contributed by atoms with Gasteiger partial charge in [-0.05, 0) is 36.8 Å². The van der Waals surface area contributed by atoms with Crippen LogP contribution in [0.1, 0.15) is 5.69 Å². The van der Waals surface area contributed by atoms with Gasteiger partial charge in [-0.2, -0.15) is 5.10 Å². The Morgan fingerprint density at radius 3 is 2.87 bits per heavy atom. The number of aromatic amines is 1. The van der Waals surface area contributed by atoms with Crippen LogP contribution in [0.4, 0.5) is 10.1 Å². The minimum absolute atomic E-state index is 0.170. The average Bonchev–Trinajstić information content (AvgIpc) is 3.13. The molecule has 0 aliphatic heterocycles. The monoisotopic (exact) mass is 396 g/mol. The van der Waals surface area contributed by atoms with Crippen LogP contribution in [-0.4, -0.2) is 24.7 Å². The fourth-order valence-electron chi connectivity index (χ4n) is 3.42. The summed E-state index contributed by atoms with van der Waals surface area (Å²) in [4.78, 5) is 27.6. The Bertz CT molecular complexity index is 1560. The van der Waals surface area contributed by atoms with E-state index in [1.165, 1.54) is 29.2 Å². The quantitative estimate of drug-likeness (QED) is 0.451. The summed E-state index contributed by atoms with van der Waals surface area (Å²) in [6.45, 7) is 9.06. The Labute approximate surface area is 169 Å². The number of rotatable bonds is 2. The molecule has 5 aromatic rings. The van der Waals surface area contributed by atoms with Gasteiger partial charge in [0.2, 0.25) is 5.69 Å². The van der Waals surface area contributed by atoms with Crippen molar-refractivity contribution in [2.45, 2.75) is 6.92 Å². The van der Waals surface area contributed by atoms with E-state index >= 15 is 0 Å². The molecule has 0 unspecified atom stereocenters. The molecule has 4 aromatic heterocycles. The lowest BCUT2D eigenvalue weighted by Gasteiger charge is -2.12. The number of nitrogens with one attached hydrogen (secondary N) is 1. The van der Waals surface area contributed by atoms with Gasteiger partial charge in [0.05, 0.1) is 29.4 Å². The zero-order chi connectivity index (χ0) is 20.8. The van der Waals surface area contributed by atoms with Crippen molar-refractivity contribution in [2.24, 2.45) is 0 Å². The Morgan fingerprint density at radius 2 is 2.07 bits per heavy atom. The first-order chi connectivity index (χ1) is 14.5. The number of nitrogens with zero attached hydrogens (tertiary/aromatic N) is 5. The van der Waals surface area contributed by atoms with Crippen LogP contribution < -0.4 is 5.43 Å². The number of aromatic nitrogens is 5. The lowest BCUT2D eigenvalue weighted by atomic mass is 10.0. The van der Waals surface area contributed by atoms with Crippen molar-refractivity contribution >= 4 is 27.6 Å². The molecular weight excluding hydrogens is 383 g/mol. The molecule has 1 aromatic carbocycles. The second-order valence-corrected chi connectivity index (χ2v) is 6.81. The van der Waals surface area contributed by atoms with Crippen LogP contribution in [0.15, 0.2) is 59.8 Å². The summed E-state index contributed by atoms with van der Waals surface area (Å²) in [6.07, 6.45) is 4.30. The first kappa shape index (κ1) is 17.7. The SMILES string of the molecule is [C-]#[N+]c1cn(-c2nc3[nH]ccc(=O)c3cc2-c2ccc3ncc(F)cc3c2)nc1C. The summed E-state index contributed by atoms with van der Waals surface area (Å²) < 4.78 is 15.2. The van der Waals surface area contributed by atoms with Gasteiger partial charge < -0.3 is 4.98 Å². The van der Waals surface area contributed by atoms with Gasteiger partial charge >= 0.3 is 0 Å². The van der Waals surface area contributed by atoms with E-state index in [9.17, 15) is 9.18 Å². The highest BCUT2D eigenvalue weighted by atomic mass is 19.1. The topological polar surface area (TPSA) is 80.8 Å². The highest BCUT2D eigenvalue weighted by molar-refractivity contribution is 5.89. The molecule has 0 spiro atoms. The predicted molar refractivity (Wildman–Crippen MR) is 111 cm³/mol. The lowest BCUT2D eigenvalue weighted by Crippen LogP contribution is -2.07. The summed E-state index contributed by atoms with van der Waals surface area (Å²) >= 11 is 0. The third-order valence-electron chi connectivity index (χ3n) is 4.89. The Hall–Kier alpha value is -4.38. The standard InChI is InChI=1S/C22H13FN6O/c1-12-19(24-2)11-29(28-12)22-16(9-17-20(30)5-6-25-21(17)27-22)13-3-4-18-14(7-13)8-15(23)10-26-18/h3-11H,1H3,(H,25,27,30). The molecule has 0 bridgehead atoms. The summed E-state index contributed by atoms with van der Waals surface area (Å²) in [5.41, 5.74) is 3.23. The molecule has 0 aliphatic carbocycles. The molecule has 0 aliphatic rings. The molecule has 5 rings (SSSR count). The highest BCUT2D eigenvalue weighted by Gasteiger charge is 2.16. The number of halogens is 1. The van der Waals surface area contributed by atoms with E-state index in [0.29, 0.717) is 44.7 Å². The number of fused-ring (bicyclic) bond motifs is 2. The van der Waals surface area contributed by atoms with Crippen LogP contribution in [0, 0.1) is 19.3 Å². The van der Waals surface area contributed by atoms with Gasteiger partial charge in [-0.1, -0.05) is 6.07 Å². The minimum atomic E-state index is -0.433. The predicted octanol–water partition coefficient (Wildman–Crippen LogP) is 4.32. The van der Waals surface area contributed by atoms with E-state index in [-0.39, 0.29) is 5.43 Å². The summed E-state index contributed by atoms with van der Waals surface area (Å²) in [7, 11) is 0. The van der Waals surface area contributed by atoms with Crippen LogP contribution in [0.2, 0.25) is 0 Å². The fourth-order valence-corrected chi connectivity index (χ4v) is 3.42. The van der Waals surface area contributed by atoms with E-state index < -0.39 is 5.82 Å². The smallest absolute Gasteiger partial charge is 0.227 e. The van der Waals surface area contributed by atoms with Gasteiger partial charge in [-0.15, -0.1) is 0 Å². The molecule has 30 heavy (non-hydrogen) atoms. The van der Waals surface area contributed by atoms with Gasteiger partial charge in [0, 0.05) is 29.4 Å². The molecule has 0 fully saturated rings. The maximum Gasteiger partial charge on any atom is 0.227 e. The number of hydrogen-bond acceptors (Lipinski definition) is 4. The molecule has 0 amide bonds. The van der Waals surface area contributed by atoms with Crippen LogP contribution in [0.3, 0.4) is 0 Å². The van der Waals surface area contributed by atoms with Crippen molar-refractivity contribution in [3.05, 3.63) is 88.1 Å². The van der Waals surface area contributed by atoms with Crippen molar-refractivity contribution in [1.82, 2.24) is 24.7 Å². The normalized spacial score (nSPS) is 11.1. The third kappa shape index (κ3) is 2.81. The molecule has 4 heterocycles. The van der Waals surface area contributed by atoms with E-state index in [0.717, 1.165) is 5.56 Å². The van der Waals surface area contributed by atoms with Gasteiger partial charge in [-0.3, -0.25) is 9.78 Å². The fraction of sp³-hybridized carbons (Fsp3) is 0.0455. The van der Waals surface area contributed by atoms with Crippen LogP contribution >= 0.6 is 0 Å². The van der Waals surface area contributed by atoms with Crippen molar-refractivity contribution < 1.29 is 4.39 Å². The second kappa shape index (κ2) is 6.60. The second-order valence-electron chi connectivity index (χ2n) is 6.81. The van der Waals surface area contributed by atoms with Crippen molar-refractivity contribution in [3.63, 3.8) is 0 Å². The summed E-state index contributed by atoms with van der Waals surface area (Å²) in [6, 6.07) is 9.99. The van der Waals surface area contributed by atoms with Crippen molar-refractivity contribution in [3.8, 4) is 16.9 Å². The third-order valence-corrected chi connectivity index (χ3v) is 4.89. The molecule has 1 N–H and O–H groups in total. The Balaban J connectivity index is 1.84. The summed E-state index contributed by atoms with van der Waals surface area (Å²) in [5, 5.41) is 5.46. The molecule has 0 saturated carbocycles. The number of H-pyrrole nitrogens is 1. The van der Waals surface area contributed by atoms with Gasteiger partial charge in [0.1, 0.15) is 11.5 Å². The first-order valence-electron chi connectivity index (χ1n) is 9.06. The van der Waals surface area contributed by atoms with Crippen LogP contribution in [0.25, 0.3) is 43.7 Å². The molecule has 0 atom stereocenters. The van der Waals surface area contributed by atoms with Crippen LogP contribution in [-0.2, 0) is 0 Å². The van der Waals surface area contributed by atoms with E-state index in [1.807, 2.05) is 6.07 Å². The average molecular weight is 396 g/mol. The van der Waals surface area contributed by atoms with Crippen LogP contribution in [0.5, 0.6) is 0 Å². The first-order valence-corrected chi connectivity index (χ1v) is 9.06. The number of benzene rings is 1.